The summed E-state index contributed by atoms with van der Waals surface area (Å²) in [5.41, 5.74) is 0.427. The Bertz CT molecular complexity index is 1020. The largest absolute Gasteiger partial charge is 0.471 e. The Morgan fingerprint density at radius 1 is 1.06 bits per heavy atom. The lowest BCUT2D eigenvalue weighted by Crippen LogP contribution is -2.51. The van der Waals surface area contributed by atoms with E-state index in [1.54, 1.807) is 0 Å². The van der Waals surface area contributed by atoms with Gasteiger partial charge in [-0.15, -0.1) is 0 Å². The van der Waals surface area contributed by atoms with Crippen molar-refractivity contribution < 1.29 is 41.4 Å². The summed E-state index contributed by atoms with van der Waals surface area (Å²) in [6, 6.07) is 5.62. The van der Waals surface area contributed by atoms with Crippen molar-refractivity contribution in [1.29, 1.82) is 0 Å². The number of carbonyl (C=O) groups excluding carboxylic acids is 2. The number of aryl methyl sites for hydroxylation is 2. The van der Waals surface area contributed by atoms with Crippen molar-refractivity contribution in [2.45, 2.75) is 51.4 Å². The smallest absolute Gasteiger partial charge is 0.467 e. The van der Waals surface area contributed by atoms with E-state index in [0.29, 0.717) is 23.4 Å². The maximum atomic E-state index is 14.1. The number of benzene rings is 2. The van der Waals surface area contributed by atoms with Crippen molar-refractivity contribution in [3.63, 3.8) is 0 Å². The first-order chi connectivity index (χ1) is 16.9. The van der Waals surface area contributed by atoms with Gasteiger partial charge in [-0.2, -0.15) is 13.2 Å². The number of hydrogen-bond acceptors (Lipinski definition) is 5. The zero-order valence-electron chi connectivity index (χ0n) is 20.2. The molecule has 0 saturated heterocycles. The number of esters is 1. The molecular formula is C25H29F5N2O4. The van der Waals surface area contributed by atoms with Crippen LogP contribution in [-0.4, -0.2) is 49.5 Å². The first-order valence-electron chi connectivity index (χ1n) is 11.2. The molecule has 6 nitrogen and oxygen atoms in total. The Hall–Kier alpha value is -3.05. The average Bonchev–Trinajstić information content (AvgIpc) is 2.83. The van der Waals surface area contributed by atoms with Crippen LogP contribution in [-0.2, 0) is 14.3 Å². The standard InChI is InChI=1S/C25H29F5N2O4/c1-15-12-19(13-16(2)22(15)27)32(24(35)25(28,29)30)21(23(34)36-3)6-4-5-11-31-20(14-33)17-7-9-18(26)10-8-17/h7-10,12-13,20-21,31,33H,4-6,11,14H2,1-3H3. The van der Waals surface area contributed by atoms with Crippen molar-refractivity contribution in [2.24, 2.45) is 0 Å². The lowest BCUT2D eigenvalue weighted by atomic mass is 10.0. The van der Waals surface area contributed by atoms with Gasteiger partial charge >= 0.3 is 18.1 Å². The van der Waals surface area contributed by atoms with E-state index in [-0.39, 0.29) is 36.3 Å². The molecule has 0 fully saturated rings. The third-order valence-electron chi connectivity index (χ3n) is 5.70. The van der Waals surface area contributed by atoms with Crippen LogP contribution in [0.2, 0.25) is 0 Å². The number of unbranched alkanes of at least 4 members (excludes halogenated alkanes) is 1. The van der Waals surface area contributed by atoms with Gasteiger partial charge in [0.2, 0.25) is 0 Å². The summed E-state index contributed by atoms with van der Waals surface area (Å²) < 4.78 is 72.3. The van der Waals surface area contributed by atoms with Crippen LogP contribution in [0.25, 0.3) is 0 Å². The van der Waals surface area contributed by atoms with E-state index in [9.17, 15) is 36.6 Å². The summed E-state index contributed by atoms with van der Waals surface area (Å²) in [6.07, 6.45) is -4.85. The molecule has 1 amide bonds. The van der Waals surface area contributed by atoms with Gasteiger partial charge in [0, 0.05) is 5.69 Å². The third kappa shape index (κ3) is 7.47. The Kier molecular flexibility index (Phi) is 10.4. The van der Waals surface area contributed by atoms with E-state index in [1.807, 2.05) is 0 Å². The predicted molar refractivity (Wildman–Crippen MR) is 123 cm³/mol. The number of hydrogen-bond donors (Lipinski definition) is 2. The third-order valence-corrected chi connectivity index (χ3v) is 5.70. The van der Waals surface area contributed by atoms with E-state index in [4.69, 9.17) is 0 Å². The van der Waals surface area contributed by atoms with Crippen LogP contribution in [0.5, 0.6) is 0 Å². The molecule has 11 heteroatoms. The number of aliphatic hydroxyl groups excluding tert-OH is 1. The summed E-state index contributed by atoms with van der Waals surface area (Å²) in [7, 11) is 1.00. The van der Waals surface area contributed by atoms with E-state index in [1.165, 1.54) is 38.1 Å². The van der Waals surface area contributed by atoms with Crippen molar-refractivity contribution in [3.05, 3.63) is 64.7 Å². The minimum absolute atomic E-state index is 0.0219. The summed E-state index contributed by atoms with van der Waals surface area (Å²) in [4.78, 5) is 25.2. The number of anilines is 1. The molecule has 0 aromatic heterocycles. The number of alkyl halides is 3. The number of halogens is 5. The van der Waals surface area contributed by atoms with Gasteiger partial charge in [0.25, 0.3) is 0 Å². The molecule has 0 aliphatic carbocycles. The van der Waals surface area contributed by atoms with Gasteiger partial charge in [-0.25, -0.2) is 13.6 Å². The summed E-state index contributed by atoms with van der Waals surface area (Å²) >= 11 is 0. The minimum Gasteiger partial charge on any atom is -0.467 e. The molecule has 0 bridgehead atoms. The molecule has 2 unspecified atom stereocenters. The number of amides is 1. The predicted octanol–water partition coefficient (Wildman–Crippen LogP) is 4.51. The van der Waals surface area contributed by atoms with E-state index >= 15 is 0 Å². The second kappa shape index (κ2) is 12.8. The molecule has 0 radical (unpaired) electrons. The average molecular weight is 517 g/mol. The fourth-order valence-electron chi connectivity index (χ4n) is 3.85. The first kappa shape index (κ1) is 29.2. The fraction of sp³-hybridized carbons (Fsp3) is 0.440. The number of aliphatic hydroxyl groups is 1. The van der Waals surface area contributed by atoms with Gasteiger partial charge in [0.15, 0.2) is 0 Å². The Balaban J connectivity index is 2.18. The highest BCUT2D eigenvalue weighted by Crippen LogP contribution is 2.30. The van der Waals surface area contributed by atoms with Crippen molar-refractivity contribution >= 4 is 17.6 Å². The lowest BCUT2D eigenvalue weighted by Gasteiger charge is -2.31. The zero-order valence-corrected chi connectivity index (χ0v) is 20.2. The van der Waals surface area contributed by atoms with Gasteiger partial charge in [-0.1, -0.05) is 12.1 Å². The topological polar surface area (TPSA) is 78.9 Å². The zero-order chi connectivity index (χ0) is 27.0. The lowest BCUT2D eigenvalue weighted by molar-refractivity contribution is -0.172. The highest BCUT2D eigenvalue weighted by atomic mass is 19.4. The van der Waals surface area contributed by atoms with Gasteiger partial charge in [-0.05, 0) is 80.6 Å². The van der Waals surface area contributed by atoms with Gasteiger partial charge in [-0.3, -0.25) is 9.69 Å². The van der Waals surface area contributed by atoms with Crippen LogP contribution in [0.15, 0.2) is 36.4 Å². The Morgan fingerprint density at radius 2 is 1.64 bits per heavy atom. The summed E-state index contributed by atoms with van der Waals surface area (Å²) in [5.74, 6) is -4.36. The van der Waals surface area contributed by atoms with Crippen molar-refractivity contribution in [3.8, 4) is 0 Å². The number of nitrogens with zero attached hydrogens (tertiary/aromatic N) is 1. The van der Waals surface area contributed by atoms with Gasteiger partial charge < -0.3 is 15.2 Å². The summed E-state index contributed by atoms with van der Waals surface area (Å²) in [6.45, 7) is 2.74. The summed E-state index contributed by atoms with van der Waals surface area (Å²) in [5, 5.41) is 12.7. The van der Waals surface area contributed by atoms with Crippen LogP contribution in [0, 0.1) is 25.5 Å². The highest BCUT2D eigenvalue weighted by Gasteiger charge is 2.47. The molecule has 2 rings (SSSR count). The van der Waals surface area contributed by atoms with Crippen LogP contribution in [0.4, 0.5) is 27.6 Å². The Labute approximate surface area is 206 Å². The fourth-order valence-corrected chi connectivity index (χ4v) is 3.85. The van der Waals surface area contributed by atoms with Crippen LogP contribution in [0.1, 0.15) is 42.0 Å². The molecule has 0 saturated carbocycles. The highest BCUT2D eigenvalue weighted by molar-refractivity contribution is 6.02. The number of methoxy groups -OCH3 is 1. The maximum absolute atomic E-state index is 14.1. The quantitative estimate of drug-likeness (QED) is 0.261. The molecule has 36 heavy (non-hydrogen) atoms. The van der Waals surface area contributed by atoms with Crippen LogP contribution in [0.3, 0.4) is 0 Å². The maximum Gasteiger partial charge on any atom is 0.471 e. The number of carbonyl (C=O) groups is 2. The molecule has 0 heterocycles. The number of ether oxygens (including phenoxy) is 1. The Morgan fingerprint density at radius 3 is 2.14 bits per heavy atom. The molecule has 2 N–H and O–H groups in total. The monoisotopic (exact) mass is 516 g/mol. The second-order valence-corrected chi connectivity index (χ2v) is 8.34. The minimum atomic E-state index is -5.28. The van der Waals surface area contributed by atoms with E-state index in [0.717, 1.165) is 19.2 Å². The van der Waals surface area contributed by atoms with Crippen molar-refractivity contribution in [1.82, 2.24) is 5.32 Å². The normalized spacial score (nSPS) is 13.2. The SMILES string of the molecule is COC(=O)C(CCCCNC(CO)c1ccc(F)cc1)N(C(=O)C(F)(F)F)c1cc(C)c(F)c(C)c1. The number of rotatable bonds is 11. The second-order valence-electron chi connectivity index (χ2n) is 8.34. The molecule has 0 aliphatic heterocycles. The van der Waals surface area contributed by atoms with E-state index in [2.05, 4.69) is 10.1 Å². The van der Waals surface area contributed by atoms with Crippen LogP contribution >= 0.6 is 0 Å². The first-order valence-corrected chi connectivity index (χ1v) is 11.2. The van der Waals surface area contributed by atoms with E-state index < -0.39 is 41.8 Å². The van der Waals surface area contributed by atoms with Crippen LogP contribution < -0.4 is 10.2 Å². The molecule has 0 spiro atoms. The molecule has 0 aliphatic rings. The molecule has 198 valence electrons. The van der Waals surface area contributed by atoms with Crippen molar-refractivity contribution in [2.75, 3.05) is 25.2 Å². The van der Waals surface area contributed by atoms with Gasteiger partial charge in [0.1, 0.15) is 17.7 Å². The molecule has 2 atom stereocenters. The number of nitrogens with one attached hydrogen (secondary N) is 1. The molecule has 2 aromatic rings. The van der Waals surface area contributed by atoms with Gasteiger partial charge in [0.05, 0.1) is 19.8 Å². The molecule has 2 aromatic carbocycles. The molecular weight excluding hydrogens is 487 g/mol.